The van der Waals surface area contributed by atoms with E-state index in [1.165, 1.54) is 7.85 Å². The van der Waals surface area contributed by atoms with Gasteiger partial charge in [0.05, 0.1) is 6.21 Å². The Balaban J connectivity index is 0. The average Bonchev–Trinajstić information content (AvgIpc) is 2.24. The minimum absolute atomic E-state index is 1.00. The lowest BCUT2D eigenvalue weighted by Gasteiger charge is -1.85. The maximum atomic E-state index is 7.32. The zero-order valence-corrected chi connectivity index (χ0v) is 8.38. The van der Waals surface area contributed by atoms with Crippen LogP contribution in [0, 0.1) is 11.2 Å². The summed E-state index contributed by atoms with van der Waals surface area (Å²) in [6, 6.07) is 9.72. The summed E-state index contributed by atoms with van der Waals surface area (Å²) in [6.45, 7) is 0. The van der Waals surface area contributed by atoms with Crippen molar-refractivity contribution in [1.82, 2.24) is 0 Å². The maximum Gasteiger partial charge on any atom is 0.232 e. The Morgan fingerprint density at radius 1 is 1.43 bits per heavy atom. The predicted molar refractivity (Wildman–Crippen MR) is 60.5 cm³/mol. The number of hydrogen-bond acceptors (Lipinski definition) is 4. The Bertz CT molecular complexity index is 269. The van der Waals surface area contributed by atoms with Gasteiger partial charge in [-0.2, -0.15) is 5.10 Å². The number of hydrazone groups is 1. The SMILES string of the molecule is BC#N.CO.NN=Cc1ccccc1. The molecule has 0 spiro atoms. The van der Waals surface area contributed by atoms with E-state index >= 15 is 0 Å². The van der Waals surface area contributed by atoms with Gasteiger partial charge in [-0.1, -0.05) is 30.3 Å². The van der Waals surface area contributed by atoms with Gasteiger partial charge in [-0.15, -0.1) is 0 Å². The number of aliphatic hydroxyl groups is 1. The second-order valence-corrected chi connectivity index (χ2v) is 1.91. The molecule has 1 aromatic rings. The van der Waals surface area contributed by atoms with E-state index in [9.17, 15) is 0 Å². The second-order valence-electron chi connectivity index (χ2n) is 1.91. The fourth-order valence-corrected chi connectivity index (χ4v) is 0.625. The van der Waals surface area contributed by atoms with Gasteiger partial charge in [0.25, 0.3) is 0 Å². The monoisotopic (exact) mass is 191 g/mol. The summed E-state index contributed by atoms with van der Waals surface area (Å²) in [5.74, 6) is 6.68. The van der Waals surface area contributed by atoms with Crippen LogP contribution >= 0.6 is 0 Å². The molecular weight excluding hydrogens is 177 g/mol. The van der Waals surface area contributed by atoms with Gasteiger partial charge in [-0.25, -0.2) is 5.26 Å². The van der Waals surface area contributed by atoms with Crippen LogP contribution in [0.15, 0.2) is 35.4 Å². The molecule has 0 atom stereocenters. The smallest absolute Gasteiger partial charge is 0.232 e. The van der Waals surface area contributed by atoms with Crippen LogP contribution in [0.5, 0.6) is 0 Å². The molecule has 74 valence electrons. The summed E-state index contributed by atoms with van der Waals surface area (Å²) in [4.78, 5) is 0. The van der Waals surface area contributed by atoms with Crippen molar-refractivity contribution in [1.29, 1.82) is 5.26 Å². The largest absolute Gasteiger partial charge is 0.400 e. The fraction of sp³-hybridized carbons (Fsp3) is 0.111. The molecule has 0 aromatic heterocycles. The summed E-state index contributed by atoms with van der Waals surface area (Å²) < 4.78 is 0. The number of rotatable bonds is 1. The van der Waals surface area contributed by atoms with Crippen molar-refractivity contribution in [2.75, 3.05) is 7.11 Å². The first-order valence-electron chi connectivity index (χ1n) is 3.89. The Morgan fingerprint density at radius 3 is 2.21 bits per heavy atom. The Morgan fingerprint density at radius 2 is 1.86 bits per heavy atom. The van der Waals surface area contributed by atoms with Gasteiger partial charge in [0.15, 0.2) is 0 Å². The topological polar surface area (TPSA) is 82.4 Å². The Kier molecular flexibility index (Phi) is 14.5. The van der Waals surface area contributed by atoms with E-state index in [0.717, 1.165) is 12.7 Å². The highest BCUT2D eigenvalue weighted by Gasteiger charge is 1.79. The molecule has 1 aromatic carbocycles. The van der Waals surface area contributed by atoms with Crippen LogP contribution in [0.25, 0.3) is 0 Å². The van der Waals surface area contributed by atoms with Crippen molar-refractivity contribution in [2.24, 2.45) is 10.9 Å². The van der Waals surface area contributed by atoms with Crippen molar-refractivity contribution >= 4 is 14.1 Å². The summed E-state index contributed by atoms with van der Waals surface area (Å²) in [6.07, 6.45) is 1.61. The summed E-state index contributed by atoms with van der Waals surface area (Å²) in [7, 11) is 2.43. The van der Waals surface area contributed by atoms with E-state index < -0.39 is 0 Å². The van der Waals surface area contributed by atoms with Crippen molar-refractivity contribution in [3.05, 3.63) is 35.9 Å². The van der Waals surface area contributed by atoms with Crippen molar-refractivity contribution in [3.8, 4) is 5.97 Å². The van der Waals surface area contributed by atoms with Crippen molar-refractivity contribution in [3.63, 3.8) is 0 Å². The molecule has 3 N–H and O–H groups in total. The van der Waals surface area contributed by atoms with E-state index in [4.69, 9.17) is 16.2 Å². The van der Waals surface area contributed by atoms with Crippen LogP contribution in [0.3, 0.4) is 0 Å². The van der Waals surface area contributed by atoms with Crippen LogP contribution in [0.4, 0.5) is 0 Å². The van der Waals surface area contributed by atoms with E-state index in [2.05, 4.69) is 5.10 Å². The van der Waals surface area contributed by atoms with Gasteiger partial charge in [0.1, 0.15) is 0 Å². The van der Waals surface area contributed by atoms with Gasteiger partial charge in [0.2, 0.25) is 7.85 Å². The van der Waals surface area contributed by atoms with Crippen LogP contribution in [0.1, 0.15) is 5.56 Å². The lowest BCUT2D eigenvalue weighted by atomic mass is 10.2. The lowest BCUT2D eigenvalue weighted by Crippen LogP contribution is -1.83. The third-order valence-corrected chi connectivity index (χ3v) is 1.02. The van der Waals surface area contributed by atoms with Crippen LogP contribution < -0.4 is 5.84 Å². The number of nitrogens with zero attached hydrogens (tertiary/aromatic N) is 2. The maximum absolute atomic E-state index is 7.32. The Labute approximate surface area is 85.1 Å². The van der Waals surface area contributed by atoms with Gasteiger partial charge < -0.3 is 10.9 Å². The van der Waals surface area contributed by atoms with E-state index in [0.29, 0.717) is 0 Å². The van der Waals surface area contributed by atoms with Gasteiger partial charge in [-0.3, -0.25) is 0 Å². The highest BCUT2D eigenvalue weighted by atomic mass is 16.2. The highest BCUT2D eigenvalue weighted by molar-refractivity contribution is 6.20. The molecule has 0 saturated carbocycles. The lowest BCUT2D eigenvalue weighted by molar-refractivity contribution is 0.399. The Hall–Kier alpha value is -1.80. The highest BCUT2D eigenvalue weighted by Crippen LogP contribution is 1.92. The minimum Gasteiger partial charge on any atom is -0.400 e. The molecule has 0 heterocycles. The molecule has 0 fully saturated rings. The molecule has 0 aliphatic heterocycles. The van der Waals surface area contributed by atoms with E-state index in [1.807, 2.05) is 30.3 Å². The predicted octanol–water partition coefficient (Wildman–Crippen LogP) is -0.312. The molecule has 1 rings (SSSR count). The second kappa shape index (κ2) is 13.8. The zero-order valence-electron chi connectivity index (χ0n) is 8.38. The molecule has 0 bridgehead atoms. The number of benzene rings is 1. The van der Waals surface area contributed by atoms with Crippen molar-refractivity contribution in [2.45, 2.75) is 0 Å². The average molecular weight is 191 g/mol. The van der Waals surface area contributed by atoms with Gasteiger partial charge >= 0.3 is 0 Å². The number of hydrogen-bond donors (Lipinski definition) is 2. The molecule has 5 heteroatoms. The molecule has 0 radical (unpaired) electrons. The molecule has 0 aliphatic carbocycles. The van der Waals surface area contributed by atoms with Gasteiger partial charge in [-0.05, 0) is 11.5 Å². The van der Waals surface area contributed by atoms with E-state index in [1.54, 1.807) is 12.2 Å². The standard InChI is InChI=1S/C7H8N2.CH2BN.CH4O/c8-9-6-7-4-2-1-3-5-7;2-1-3;1-2/h1-6H,8H2;2H2;2H,1H3. The fourth-order valence-electron chi connectivity index (χ4n) is 0.625. The van der Waals surface area contributed by atoms with Gasteiger partial charge in [0, 0.05) is 7.11 Å². The first kappa shape index (κ1) is 14.7. The normalized spacial score (nSPS) is 7.50. The first-order valence-corrected chi connectivity index (χ1v) is 3.89. The van der Waals surface area contributed by atoms with E-state index in [-0.39, 0.29) is 0 Å². The number of nitrogens with two attached hydrogens (primary N) is 1. The van der Waals surface area contributed by atoms with Crippen LogP contribution in [-0.2, 0) is 0 Å². The molecule has 14 heavy (non-hydrogen) atoms. The summed E-state index contributed by atoms with van der Waals surface area (Å²) in [5.41, 5.74) is 1.03. The molecule has 4 nitrogen and oxygen atoms in total. The number of nitriles is 1. The van der Waals surface area contributed by atoms with Crippen LogP contribution in [-0.4, -0.2) is 26.3 Å². The number of aliphatic hydroxyl groups excluding tert-OH is 1. The molecule has 0 unspecified atom stereocenters. The third kappa shape index (κ3) is 10.2. The van der Waals surface area contributed by atoms with Crippen molar-refractivity contribution < 1.29 is 5.11 Å². The zero-order chi connectivity index (χ0) is 11.2. The molecule has 0 amide bonds. The summed E-state index contributed by atoms with van der Waals surface area (Å²) in [5, 5.41) is 17.7. The molecular formula is C9H14BN3O. The summed E-state index contributed by atoms with van der Waals surface area (Å²) >= 11 is 0. The molecule has 0 saturated heterocycles. The van der Waals surface area contributed by atoms with Crippen LogP contribution in [0.2, 0.25) is 0 Å². The first-order chi connectivity index (χ1) is 6.85. The quantitative estimate of drug-likeness (QED) is 0.276. The molecule has 0 aliphatic rings. The third-order valence-electron chi connectivity index (χ3n) is 1.02. The minimum atomic E-state index is 1.00.